The van der Waals surface area contributed by atoms with E-state index in [1.165, 1.54) is 18.9 Å². The molecule has 1 aromatic rings. The van der Waals surface area contributed by atoms with Gasteiger partial charge >= 0.3 is 5.97 Å². The van der Waals surface area contributed by atoms with Crippen LogP contribution in [-0.4, -0.2) is 48.0 Å². The number of amidine groups is 1. The van der Waals surface area contributed by atoms with Crippen LogP contribution in [0.1, 0.15) is 24.9 Å². The predicted molar refractivity (Wildman–Crippen MR) is 101 cm³/mol. The molecule has 138 valence electrons. The second kappa shape index (κ2) is 8.24. The van der Waals surface area contributed by atoms with Crippen LogP contribution in [0.25, 0.3) is 0 Å². The lowest BCUT2D eigenvalue weighted by Crippen LogP contribution is -2.45. The van der Waals surface area contributed by atoms with Crippen molar-refractivity contribution < 1.29 is 19.1 Å². The van der Waals surface area contributed by atoms with Gasteiger partial charge in [-0.05, 0) is 24.6 Å². The number of methoxy groups -OCH3 is 1. The zero-order valence-electron chi connectivity index (χ0n) is 14.5. The van der Waals surface area contributed by atoms with E-state index in [0.717, 1.165) is 5.56 Å². The van der Waals surface area contributed by atoms with Gasteiger partial charge in [0.05, 0.1) is 23.9 Å². The lowest BCUT2D eigenvalue weighted by Gasteiger charge is -2.38. The molecule has 0 unspecified atom stereocenters. The van der Waals surface area contributed by atoms with E-state index in [1.54, 1.807) is 24.0 Å². The van der Waals surface area contributed by atoms with Crippen molar-refractivity contribution in [2.75, 3.05) is 26.1 Å². The van der Waals surface area contributed by atoms with Gasteiger partial charge in [-0.1, -0.05) is 35.5 Å². The molecule has 0 spiro atoms. The second-order valence-electron chi connectivity index (χ2n) is 5.84. The molecule has 8 heteroatoms. The molecule has 1 amide bonds. The number of aliphatic imine (C=N–C) groups is 1. The molecule has 2 aliphatic heterocycles. The van der Waals surface area contributed by atoms with Crippen LogP contribution in [-0.2, 0) is 19.1 Å². The summed E-state index contributed by atoms with van der Waals surface area (Å²) < 4.78 is 10.3. The van der Waals surface area contributed by atoms with E-state index in [4.69, 9.17) is 21.1 Å². The molecule has 0 bridgehead atoms. The molecule has 0 aliphatic carbocycles. The Morgan fingerprint density at radius 3 is 2.77 bits per heavy atom. The van der Waals surface area contributed by atoms with Gasteiger partial charge in [0.1, 0.15) is 6.61 Å². The average molecular weight is 395 g/mol. The van der Waals surface area contributed by atoms with Crippen molar-refractivity contribution in [2.45, 2.75) is 19.4 Å². The maximum atomic E-state index is 12.7. The van der Waals surface area contributed by atoms with Crippen LogP contribution >= 0.6 is 23.4 Å². The Morgan fingerprint density at radius 2 is 2.08 bits per heavy atom. The Morgan fingerprint density at radius 1 is 1.35 bits per heavy atom. The third kappa shape index (κ3) is 3.79. The molecule has 3 rings (SSSR count). The zero-order chi connectivity index (χ0) is 18.7. The number of fused-ring (bicyclic) bond motifs is 1. The van der Waals surface area contributed by atoms with Crippen LogP contribution in [0.5, 0.6) is 0 Å². The fraction of sp³-hybridized carbons (Fsp3) is 0.389. The van der Waals surface area contributed by atoms with Crippen LogP contribution in [0.15, 0.2) is 40.5 Å². The van der Waals surface area contributed by atoms with Crippen molar-refractivity contribution in [2.24, 2.45) is 4.99 Å². The number of allylic oxidation sites excluding steroid dienone is 1. The van der Waals surface area contributed by atoms with E-state index in [1.807, 2.05) is 12.1 Å². The van der Waals surface area contributed by atoms with Gasteiger partial charge < -0.3 is 9.47 Å². The van der Waals surface area contributed by atoms with Gasteiger partial charge in [0.15, 0.2) is 5.17 Å². The second-order valence-corrected chi connectivity index (χ2v) is 7.34. The molecular weight excluding hydrogens is 376 g/mol. The fourth-order valence-corrected chi connectivity index (χ4v) is 4.05. The summed E-state index contributed by atoms with van der Waals surface area (Å²) in [6, 6.07) is 6.55. The standard InChI is InChI=1S/C18H19ClN2O4S/c1-11-15(17(23)25-9-8-24-2)16(12-3-5-13(19)6-4-12)21-14(22)7-10-26-18(21)20-11/h3-6,16H,7-10H2,1-2H3/t16-/m0/s1. The topological polar surface area (TPSA) is 68.2 Å². The van der Waals surface area contributed by atoms with Crippen molar-refractivity contribution in [3.63, 3.8) is 0 Å². The van der Waals surface area contributed by atoms with Crippen LogP contribution in [0.2, 0.25) is 5.02 Å². The van der Waals surface area contributed by atoms with Crippen LogP contribution in [0, 0.1) is 0 Å². The number of benzene rings is 1. The van der Waals surface area contributed by atoms with Gasteiger partial charge in [-0.25, -0.2) is 9.79 Å². The summed E-state index contributed by atoms with van der Waals surface area (Å²) in [7, 11) is 1.54. The Balaban J connectivity index is 2.03. The number of amides is 1. The number of esters is 1. The SMILES string of the molecule is COCCOC(=O)C1=C(C)N=C2SCCC(=O)N2[C@H]1c1ccc(Cl)cc1. The molecule has 0 saturated carbocycles. The highest BCUT2D eigenvalue weighted by Crippen LogP contribution is 2.40. The number of carbonyl (C=O) groups excluding carboxylic acids is 2. The lowest BCUT2D eigenvalue weighted by atomic mass is 9.94. The summed E-state index contributed by atoms with van der Waals surface area (Å²) in [6.45, 7) is 2.20. The quantitative estimate of drug-likeness (QED) is 0.566. The summed E-state index contributed by atoms with van der Waals surface area (Å²) >= 11 is 7.52. The molecule has 2 heterocycles. The third-order valence-corrected chi connectivity index (χ3v) is 5.34. The van der Waals surface area contributed by atoms with Crippen LogP contribution < -0.4 is 0 Å². The molecule has 2 aliphatic rings. The molecular formula is C18H19ClN2O4S. The first-order valence-electron chi connectivity index (χ1n) is 8.18. The number of ether oxygens (including phenoxy) is 2. The summed E-state index contributed by atoms with van der Waals surface area (Å²) in [5.74, 6) is 0.130. The van der Waals surface area contributed by atoms with E-state index >= 15 is 0 Å². The van der Waals surface area contributed by atoms with E-state index in [-0.39, 0.29) is 12.5 Å². The lowest BCUT2D eigenvalue weighted by molar-refractivity contribution is -0.141. The molecule has 1 saturated heterocycles. The first-order valence-corrected chi connectivity index (χ1v) is 9.55. The minimum absolute atomic E-state index is 0.0582. The highest BCUT2D eigenvalue weighted by atomic mass is 35.5. The van der Waals surface area contributed by atoms with Gasteiger partial charge in [0.2, 0.25) is 5.91 Å². The Kier molecular flexibility index (Phi) is 6.01. The molecule has 0 radical (unpaired) electrons. The minimum atomic E-state index is -0.574. The number of halogens is 1. The highest BCUT2D eigenvalue weighted by molar-refractivity contribution is 8.14. The van der Waals surface area contributed by atoms with E-state index in [0.29, 0.717) is 40.2 Å². The number of rotatable bonds is 5. The highest BCUT2D eigenvalue weighted by Gasteiger charge is 2.41. The molecule has 6 nitrogen and oxygen atoms in total. The monoisotopic (exact) mass is 394 g/mol. The fourth-order valence-electron chi connectivity index (χ4n) is 2.91. The number of hydrogen-bond donors (Lipinski definition) is 0. The molecule has 26 heavy (non-hydrogen) atoms. The van der Waals surface area contributed by atoms with Gasteiger partial charge in [-0.2, -0.15) is 0 Å². The molecule has 1 aromatic carbocycles. The molecule has 1 fully saturated rings. The summed E-state index contributed by atoms with van der Waals surface area (Å²) in [5.41, 5.74) is 1.71. The van der Waals surface area contributed by atoms with Crippen molar-refractivity contribution in [1.29, 1.82) is 0 Å². The smallest absolute Gasteiger partial charge is 0.338 e. The van der Waals surface area contributed by atoms with Crippen molar-refractivity contribution in [3.05, 3.63) is 46.1 Å². The van der Waals surface area contributed by atoms with E-state index < -0.39 is 12.0 Å². The third-order valence-electron chi connectivity index (χ3n) is 4.13. The van der Waals surface area contributed by atoms with E-state index in [9.17, 15) is 9.59 Å². The van der Waals surface area contributed by atoms with Gasteiger partial charge in [0, 0.05) is 24.3 Å². The summed E-state index contributed by atoms with van der Waals surface area (Å²) in [6.07, 6.45) is 0.402. The van der Waals surface area contributed by atoms with Gasteiger partial charge in [-0.3, -0.25) is 9.69 Å². The summed E-state index contributed by atoms with van der Waals surface area (Å²) in [4.78, 5) is 31.4. The Bertz CT molecular complexity index is 776. The maximum absolute atomic E-state index is 12.7. The average Bonchev–Trinajstić information content (AvgIpc) is 2.61. The maximum Gasteiger partial charge on any atom is 0.338 e. The largest absolute Gasteiger partial charge is 0.460 e. The Labute approximate surface area is 161 Å². The van der Waals surface area contributed by atoms with E-state index in [2.05, 4.69) is 4.99 Å². The normalized spacial score (nSPS) is 20.0. The van der Waals surface area contributed by atoms with Crippen molar-refractivity contribution in [3.8, 4) is 0 Å². The van der Waals surface area contributed by atoms with Gasteiger partial charge in [-0.15, -0.1) is 0 Å². The van der Waals surface area contributed by atoms with Crippen LogP contribution in [0.3, 0.4) is 0 Å². The summed E-state index contributed by atoms with van der Waals surface area (Å²) in [5, 5.41) is 1.20. The molecule has 1 atom stereocenters. The number of hydrogen-bond acceptors (Lipinski definition) is 6. The number of thioether (sulfide) groups is 1. The molecule has 0 N–H and O–H groups in total. The first kappa shape index (κ1) is 18.9. The number of carbonyl (C=O) groups is 2. The first-order chi connectivity index (χ1) is 12.5. The Hall–Kier alpha value is -1.83. The predicted octanol–water partition coefficient (Wildman–Crippen LogP) is 3.18. The minimum Gasteiger partial charge on any atom is -0.460 e. The molecule has 0 aromatic heterocycles. The number of nitrogens with zero attached hydrogens (tertiary/aromatic N) is 2. The van der Waals surface area contributed by atoms with Gasteiger partial charge in [0.25, 0.3) is 0 Å². The zero-order valence-corrected chi connectivity index (χ0v) is 16.1. The van der Waals surface area contributed by atoms with Crippen LogP contribution in [0.4, 0.5) is 0 Å². The van der Waals surface area contributed by atoms with Crippen molar-refractivity contribution in [1.82, 2.24) is 4.90 Å². The van der Waals surface area contributed by atoms with Crippen molar-refractivity contribution >= 4 is 40.4 Å².